The summed E-state index contributed by atoms with van der Waals surface area (Å²) in [5.74, 6) is 0. The fourth-order valence-electron chi connectivity index (χ4n) is 2.24. The largest absolute Gasteiger partial charge is 0.247 e. The van der Waals surface area contributed by atoms with Gasteiger partial charge in [0.25, 0.3) is 0 Å². The van der Waals surface area contributed by atoms with E-state index in [9.17, 15) is 4.39 Å². The van der Waals surface area contributed by atoms with Crippen LogP contribution >= 0.6 is 0 Å². The van der Waals surface area contributed by atoms with Gasteiger partial charge in [-0.2, -0.15) is 5.26 Å². The van der Waals surface area contributed by atoms with Crippen molar-refractivity contribution in [2.24, 2.45) is 0 Å². The molecule has 0 fully saturated rings. The Balaban J connectivity index is 2.09. The van der Waals surface area contributed by atoms with Crippen LogP contribution in [0.1, 0.15) is 30.9 Å². The predicted molar refractivity (Wildman–Crippen MR) is 80.1 cm³/mol. The number of alkyl halides is 1. The Morgan fingerprint density at radius 1 is 1.00 bits per heavy atom. The first-order chi connectivity index (χ1) is 9.72. The van der Waals surface area contributed by atoms with Crippen LogP contribution in [0, 0.1) is 11.3 Å². The van der Waals surface area contributed by atoms with Crippen LogP contribution in [0.25, 0.3) is 11.1 Å². The van der Waals surface area contributed by atoms with Crippen LogP contribution in [0.3, 0.4) is 0 Å². The molecule has 0 saturated carbocycles. The second kappa shape index (κ2) is 6.86. The molecule has 0 saturated heterocycles. The Kier molecular flexibility index (Phi) is 4.90. The van der Waals surface area contributed by atoms with Crippen molar-refractivity contribution in [3.8, 4) is 17.2 Å². The van der Waals surface area contributed by atoms with Crippen molar-refractivity contribution in [1.82, 2.24) is 0 Å². The molecule has 0 heterocycles. The zero-order valence-electron chi connectivity index (χ0n) is 11.6. The molecule has 1 nitrogen and oxygen atoms in total. The van der Waals surface area contributed by atoms with Gasteiger partial charge in [-0.3, -0.25) is 0 Å². The molecule has 102 valence electrons. The average molecular weight is 267 g/mol. The molecule has 2 rings (SSSR count). The predicted octanol–water partition coefficient (Wildman–Crippen LogP) is 4.91. The number of nitrogens with zero attached hydrogens (tertiary/aromatic N) is 1. The van der Waals surface area contributed by atoms with E-state index in [1.165, 1.54) is 0 Å². The van der Waals surface area contributed by atoms with Gasteiger partial charge in [0.2, 0.25) is 0 Å². The maximum Gasteiger partial charge on any atom is 0.104 e. The number of rotatable bonds is 5. The standard InChI is InChI=1S/C18H18FN/c1-2-3-18(19)12-14-4-8-16(9-5-14)17-10-6-15(13-20)7-11-17/h4-11,18H,2-3,12H2,1H3. The van der Waals surface area contributed by atoms with Crippen molar-refractivity contribution in [1.29, 1.82) is 5.26 Å². The summed E-state index contributed by atoms with van der Waals surface area (Å²) in [6, 6.07) is 17.6. The van der Waals surface area contributed by atoms with Gasteiger partial charge < -0.3 is 0 Å². The summed E-state index contributed by atoms with van der Waals surface area (Å²) in [5, 5.41) is 8.78. The minimum absolute atomic E-state index is 0.488. The monoisotopic (exact) mass is 267 g/mol. The second-order valence-corrected chi connectivity index (χ2v) is 4.98. The molecule has 1 atom stereocenters. The number of hydrogen-bond acceptors (Lipinski definition) is 1. The molecule has 2 heteroatoms. The molecule has 2 aromatic carbocycles. The highest BCUT2D eigenvalue weighted by Gasteiger charge is 2.06. The minimum Gasteiger partial charge on any atom is -0.247 e. The molecule has 0 aliphatic carbocycles. The molecule has 0 radical (unpaired) electrons. The minimum atomic E-state index is -0.749. The molecule has 20 heavy (non-hydrogen) atoms. The van der Waals surface area contributed by atoms with E-state index in [0.29, 0.717) is 18.4 Å². The summed E-state index contributed by atoms with van der Waals surface area (Å²) in [5.41, 5.74) is 3.85. The lowest BCUT2D eigenvalue weighted by Gasteiger charge is -2.08. The molecule has 0 aromatic heterocycles. The van der Waals surface area contributed by atoms with Crippen molar-refractivity contribution >= 4 is 0 Å². The van der Waals surface area contributed by atoms with Gasteiger partial charge in [-0.1, -0.05) is 49.7 Å². The highest BCUT2D eigenvalue weighted by Crippen LogP contribution is 2.21. The van der Waals surface area contributed by atoms with Gasteiger partial charge in [0.1, 0.15) is 6.17 Å². The van der Waals surface area contributed by atoms with Crippen LogP contribution in [-0.4, -0.2) is 6.17 Å². The van der Waals surface area contributed by atoms with Crippen molar-refractivity contribution in [3.05, 3.63) is 59.7 Å². The summed E-state index contributed by atoms with van der Waals surface area (Å²) < 4.78 is 13.6. The Morgan fingerprint density at radius 3 is 2.05 bits per heavy atom. The third-order valence-electron chi connectivity index (χ3n) is 3.36. The SMILES string of the molecule is CCCC(F)Cc1ccc(-c2ccc(C#N)cc2)cc1. The quantitative estimate of drug-likeness (QED) is 0.755. The zero-order chi connectivity index (χ0) is 14.4. The lowest BCUT2D eigenvalue weighted by atomic mass is 10.00. The normalized spacial score (nSPS) is 11.8. The van der Waals surface area contributed by atoms with E-state index in [1.54, 1.807) is 0 Å². The van der Waals surface area contributed by atoms with E-state index in [4.69, 9.17) is 5.26 Å². The third kappa shape index (κ3) is 3.68. The molecule has 0 amide bonds. The fourth-order valence-corrected chi connectivity index (χ4v) is 2.24. The Morgan fingerprint density at radius 2 is 1.55 bits per heavy atom. The smallest absolute Gasteiger partial charge is 0.104 e. The molecule has 0 aliphatic heterocycles. The third-order valence-corrected chi connectivity index (χ3v) is 3.36. The van der Waals surface area contributed by atoms with Crippen LogP contribution in [-0.2, 0) is 6.42 Å². The van der Waals surface area contributed by atoms with E-state index in [1.807, 2.05) is 55.5 Å². The molecule has 0 N–H and O–H groups in total. The maximum atomic E-state index is 13.6. The molecule has 1 unspecified atom stereocenters. The summed E-state index contributed by atoms with van der Waals surface area (Å²) in [6.07, 6.45) is 1.24. The van der Waals surface area contributed by atoms with E-state index in [2.05, 4.69) is 6.07 Å². The summed E-state index contributed by atoms with van der Waals surface area (Å²) in [6.45, 7) is 2.00. The van der Waals surface area contributed by atoms with Gasteiger partial charge in [-0.05, 0) is 35.2 Å². The van der Waals surface area contributed by atoms with Crippen LogP contribution in [0.5, 0.6) is 0 Å². The molecular formula is C18H18FN. The van der Waals surface area contributed by atoms with Crippen LogP contribution in [0.4, 0.5) is 4.39 Å². The summed E-state index contributed by atoms with van der Waals surface area (Å²) in [4.78, 5) is 0. The lowest BCUT2D eigenvalue weighted by molar-refractivity contribution is 0.310. The second-order valence-electron chi connectivity index (χ2n) is 4.98. The van der Waals surface area contributed by atoms with Gasteiger partial charge in [-0.25, -0.2) is 4.39 Å². The number of halogens is 1. The molecule has 2 aromatic rings. The Labute approximate surface area is 119 Å². The first kappa shape index (κ1) is 14.3. The highest BCUT2D eigenvalue weighted by atomic mass is 19.1. The Hall–Kier alpha value is -2.14. The summed E-state index contributed by atoms with van der Waals surface area (Å²) >= 11 is 0. The molecule has 0 aliphatic rings. The molecule has 0 bridgehead atoms. The first-order valence-electron chi connectivity index (χ1n) is 6.96. The fraction of sp³-hybridized carbons (Fsp3) is 0.278. The van der Waals surface area contributed by atoms with Crippen LogP contribution in [0.2, 0.25) is 0 Å². The van der Waals surface area contributed by atoms with Crippen molar-refractivity contribution in [3.63, 3.8) is 0 Å². The van der Waals surface area contributed by atoms with Crippen molar-refractivity contribution in [2.75, 3.05) is 0 Å². The average Bonchev–Trinajstić information content (AvgIpc) is 2.48. The first-order valence-corrected chi connectivity index (χ1v) is 6.96. The molecule has 0 spiro atoms. The summed E-state index contributed by atoms with van der Waals surface area (Å²) in [7, 11) is 0. The van der Waals surface area contributed by atoms with Gasteiger partial charge in [0.15, 0.2) is 0 Å². The van der Waals surface area contributed by atoms with E-state index < -0.39 is 6.17 Å². The zero-order valence-corrected chi connectivity index (χ0v) is 11.6. The number of nitriles is 1. The number of hydrogen-bond donors (Lipinski definition) is 0. The van der Waals surface area contributed by atoms with E-state index in [0.717, 1.165) is 23.1 Å². The van der Waals surface area contributed by atoms with Gasteiger partial charge >= 0.3 is 0 Å². The maximum absolute atomic E-state index is 13.6. The van der Waals surface area contributed by atoms with Gasteiger partial charge in [-0.15, -0.1) is 0 Å². The van der Waals surface area contributed by atoms with Crippen LogP contribution < -0.4 is 0 Å². The highest BCUT2D eigenvalue weighted by molar-refractivity contribution is 5.64. The molecular weight excluding hydrogens is 249 g/mol. The van der Waals surface area contributed by atoms with Gasteiger partial charge in [0.05, 0.1) is 11.6 Å². The van der Waals surface area contributed by atoms with Crippen molar-refractivity contribution < 1.29 is 4.39 Å². The van der Waals surface area contributed by atoms with Crippen LogP contribution in [0.15, 0.2) is 48.5 Å². The van der Waals surface area contributed by atoms with Gasteiger partial charge in [0, 0.05) is 6.42 Å². The van der Waals surface area contributed by atoms with Crippen molar-refractivity contribution in [2.45, 2.75) is 32.4 Å². The van der Waals surface area contributed by atoms with E-state index in [-0.39, 0.29) is 0 Å². The topological polar surface area (TPSA) is 23.8 Å². The lowest BCUT2D eigenvalue weighted by Crippen LogP contribution is -2.03. The number of benzene rings is 2. The van der Waals surface area contributed by atoms with E-state index >= 15 is 0 Å². The Bertz CT molecular complexity index is 578.